The van der Waals surface area contributed by atoms with E-state index in [1.165, 1.54) is 6.20 Å². The third-order valence-electron chi connectivity index (χ3n) is 2.98. The summed E-state index contributed by atoms with van der Waals surface area (Å²) >= 11 is 0. The number of hydrogen-bond donors (Lipinski definition) is 0. The second-order valence-electron chi connectivity index (χ2n) is 3.88. The summed E-state index contributed by atoms with van der Waals surface area (Å²) < 4.78 is 0.966. The van der Waals surface area contributed by atoms with Crippen LogP contribution in [0.4, 0.5) is 0 Å². The van der Waals surface area contributed by atoms with E-state index in [4.69, 9.17) is 0 Å². The lowest BCUT2D eigenvalue weighted by atomic mass is 9.89. The number of hydrogen-bond acceptors (Lipinski definition) is 3. The fraction of sp³-hybridized carbons (Fsp3) is 0.778. The Hall–Kier alpha value is -0.900. The zero-order valence-electron chi connectivity index (χ0n) is 7.77. The van der Waals surface area contributed by atoms with E-state index in [1.807, 2.05) is 0 Å². The van der Waals surface area contributed by atoms with Gasteiger partial charge < -0.3 is 10.3 Å². The fourth-order valence-electron chi connectivity index (χ4n) is 2.26. The van der Waals surface area contributed by atoms with E-state index >= 15 is 0 Å². The summed E-state index contributed by atoms with van der Waals surface area (Å²) in [4.78, 5) is 11.5. The SMILES string of the molecule is CC1=C[N+](=O)[C@H]2CCCC[C@@H]2N1[O-]. The van der Waals surface area contributed by atoms with Crippen LogP contribution in [0.1, 0.15) is 32.6 Å². The van der Waals surface area contributed by atoms with Crippen molar-refractivity contribution in [3.8, 4) is 0 Å². The van der Waals surface area contributed by atoms with E-state index in [0.717, 1.165) is 35.5 Å². The molecule has 0 aromatic carbocycles. The second-order valence-corrected chi connectivity index (χ2v) is 3.88. The van der Waals surface area contributed by atoms with Crippen LogP contribution in [0, 0.1) is 10.1 Å². The molecule has 0 aromatic heterocycles. The van der Waals surface area contributed by atoms with E-state index in [9.17, 15) is 10.1 Å². The molecular formula is C9H14N2O2. The normalized spacial score (nSPS) is 34.2. The van der Waals surface area contributed by atoms with Crippen molar-refractivity contribution < 1.29 is 4.76 Å². The van der Waals surface area contributed by atoms with Gasteiger partial charge in [0.05, 0.1) is 11.7 Å². The molecule has 0 unspecified atom stereocenters. The first-order chi connectivity index (χ1) is 6.20. The maximum absolute atomic E-state index is 11.6. The zero-order chi connectivity index (χ0) is 9.42. The lowest BCUT2D eigenvalue weighted by molar-refractivity contribution is -0.540. The molecule has 0 amide bonds. The molecule has 4 nitrogen and oxygen atoms in total. The fourth-order valence-corrected chi connectivity index (χ4v) is 2.26. The van der Waals surface area contributed by atoms with Gasteiger partial charge >= 0.3 is 0 Å². The Kier molecular flexibility index (Phi) is 2.07. The average molecular weight is 182 g/mol. The number of fused-ring (bicyclic) bond motifs is 1. The summed E-state index contributed by atoms with van der Waals surface area (Å²) in [5.41, 5.74) is 0.540. The highest BCUT2D eigenvalue weighted by Gasteiger charge is 2.40. The van der Waals surface area contributed by atoms with Crippen LogP contribution in [0.25, 0.3) is 0 Å². The van der Waals surface area contributed by atoms with E-state index in [2.05, 4.69) is 0 Å². The van der Waals surface area contributed by atoms with Crippen molar-refractivity contribution in [1.29, 1.82) is 0 Å². The highest BCUT2D eigenvalue weighted by atomic mass is 16.5. The van der Waals surface area contributed by atoms with Gasteiger partial charge in [0.1, 0.15) is 0 Å². The monoisotopic (exact) mass is 182 g/mol. The molecule has 0 saturated heterocycles. The third kappa shape index (κ3) is 1.35. The van der Waals surface area contributed by atoms with Gasteiger partial charge in [0, 0.05) is 16.1 Å². The van der Waals surface area contributed by atoms with E-state index in [-0.39, 0.29) is 12.1 Å². The van der Waals surface area contributed by atoms with Crippen LogP contribution in [0.3, 0.4) is 0 Å². The topological polar surface area (TPSA) is 46.4 Å². The van der Waals surface area contributed by atoms with Crippen molar-refractivity contribution in [2.45, 2.75) is 44.7 Å². The van der Waals surface area contributed by atoms with Crippen LogP contribution in [0.15, 0.2) is 11.9 Å². The zero-order valence-corrected chi connectivity index (χ0v) is 7.77. The van der Waals surface area contributed by atoms with Gasteiger partial charge in [-0.3, -0.25) is 0 Å². The van der Waals surface area contributed by atoms with Crippen LogP contribution >= 0.6 is 0 Å². The molecule has 2 aliphatic rings. The Balaban J connectivity index is 2.26. The highest BCUT2D eigenvalue weighted by molar-refractivity contribution is 5.03. The molecule has 1 aliphatic carbocycles. The second kappa shape index (κ2) is 3.10. The van der Waals surface area contributed by atoms with Crippen molar-refractivity contribution in [2.24, 2.45) is 0 Å². The van der Waals surface area contributed by atoms with Crippen molar-refractivity contribution >= 4 is 0 Å². The predicted octanol–water partition coefficient (Wildman–Crippen LogP) is 1.75. The van der Waals surface area contributed by atoms with Crippen LogP contribution in [0.5, 0.6) is 0 Å². The number of allylic oxidation sites excluding steroid dienone is 1. The average Bonchev–Trinajstić information content (AvgIpc) is 2.15. The van der Waals surface area contributed by atoms with E-state index in [0.29, 0.717) is 5.70 Å². The molecule has 4 heteroatoms. The smallest absolute Gasteiger partial charge is 0.239 e. The Bertz CT molecular complexity index is 262. The number of nitroso groups, excluding NO2 is 1. The molecule has 0 aromatic rings. The molecule has 1 aliphatic heterocycles. The van der Waals surface area contributed by atoms with Crippen LogP contribution in [-0.2, 0) is 0 Å². The van der Waals surface area contributed by atoms with E-state index in [1.54, 1.807) is 6.92 Å². The molecule has 1 fully saturated rings. The summed E-state index contributed by atoms with van der Waals surface area (Å²) in [5.74, 6) is 0. The Morgan fingerprint density at radius 3 is 3.00 bits per heavy atom. The van der Waals surface area contributed by atoms with Crippen LogP contribution in [-0.4, -0.2) is 21.9 Å². The molecule has 0 N–H and O–H groups in total. The molecule has 72 valence electrons. The molecule has 1 saturated carbocycles. The molecule has 2 atom stereocenters. The Morgan fingerprint density at radius 2 is 2.23 bits per heavy atom. The Morgan fingerprint density at radius 1 is 1.54 bits per heavy atom. The van der Waals surface area contributed by atoms with Gasteiger partial charge in [-0.25, -0.2) is 0 Å². The van der Waals surface area contributed by atoms with Gasteiger partial charge in [0.25, 0.3) is 0 Å². The maximum Gasteiger partial charge on any atom is 0.239 e. The van der Waals surface area contributed by atoms with Crippen LogP contribution < -0.4 is 0 Å². The Labute approximate surface area is 77.4 Å². The first-order valence-corrected chi connectivity index (χ1v) is 4.80. The molecule has 0 radical (unpaired) electrons. The lowest BCUT2D eigenvalue weighted by Crippen LogP contribution is -2.49. The maximum atomic E-state index is 11.6. The molecular weight excluding hydrogens is 168 g/mol. The summed E-state index contributed by atoms with van der Waals surface area (Å²) in [6.45, 7) is 1.70. The first kappa shape index (κ1) is 8.69. The summed E-state index contributed by atoms with van der Waals surface area (Å²) in [7, 11) is 0. The minimum Gasteiger partial charge on any atom is -0.758 e. The van der Waals surface area contributed by atoms with Gasteiger partial charge in [0.15, 0.2) is 0 Å². The van der Waals surface area contributed by atoms with Crippen molar-refractivity contribution in [2.75, 3.05) is 0 Å². The van der Waals surface area contributed by atoms with Crippen molar-refractivity contribution in [3.05, 3.63) is 22.0 Å². The van der Waals surface area contributed by atoms with Gasteiger partial charge in [-0.05, 0) is 19.8 Å². The van der Waals surface area contributed by atoms with E-state index < -0.39 is 0 Å². The lowest BCUT2D eigenvalue weighted by Gasteiger charge is -2.43. The summed E-state index contributed by atoms with van der Waals surface area (Å²) in [6.07, 6.45) is 5.27. The minimum absolute atomic E-state index is 0.101. The van der Waals surface area contributed by atoms with Gasteiger partial charge in [-0.2, -0.15) is 0 Å². The predicted molar refractivity (Wildman–Crippen MR) is 48.6 cm³/mol. The van der Waals surface area contributed by atoms with Crippen molar-refractivity contribution in [3.63, 3.8) is 0 Å². The molecule has 0 spiro atoms. The number of nitrogens with zero attached hydrogens (tertiary/aromatic N) is 2. The quantitative estimate of drug-likeness (QED) is 0.536. The number of hydroxylamine groups is 2. The molecule has 0 bridgehead atoms. The number of rotatable bonds is 0. The molecule has 1 heterocycles. The van der Waals surface area contributed by atoms with Crippen LogP contribution in [0.2, 0.25) is 0 Å². The minimum atomic E-state index is -0.102. The summed E-state index contributed by atoms with van der Waals surface area (Å²) in [6, 6.07) is -0.203. The van der Waals surface area contributed by atoms with Gasteiger partial charge in [-0.1, -0.05) is 6.42 Å². The van der Waals surface area contributed by atoms with Crippen molar-refractivity contribution in [1.82, 2.24) is 5.06 Å². The molecule has 2 rings (SSSR count). The summed E-state index contributed by atoms with van der Waals surface area (Å²) in [5, 5.41) is 12.6. The standard InChI is InChI=1S/C9H14N2O2/c1-7-6-10(12)8-4-2-3-5-9(8)11(7)13/h6,8-9H,2-5H2,1H3/t8-,9-/m0/s1. The van der Waals surface area contributed by atoms with Gasteiger partial charge in [0.2, 0.25) is 12.2 Å². The highest BCUT2D eigenvalue weighted by Crippen LogP contribution is 2.30. The molecule has 13 heavy (non-hydrogen) atoms. The first-order valence-electron chi connectivity index (χ1n) is 4.80. The third-order valence-corrected chi connectivity index (χ3v) is 2.98. The largest absolute Gasteiger partial charge is 0.758 e. The van der Waals surface area contributed by atoms with Gasteiger partial charge in [-0.15, -0.1) is 0 Å².